The van der Waals surface area contributed by atoms with Crippen LogP contribution >= 0.6 is 0 Å². The monoisotopic (exact) mass is 274 g/mol. The Hall–Kier alpha value is -2.57. The Bertz CT molecular complexity index is 764. The van der Waals surface area contributed by atoms with Gasteiger partial charge in [0.1, 0.15) is 5.78 Å². The van der Waals surface area contributed by atoms with E-state index in [9.17, 15) is 9.18 Å². The first-order valence-electron chi connectivity index (χ1n) is 6.02. The van der Waals surface area contributed by atoms with Gasteiger partial charge in [0.2, 0.25) is 0 Å². The maximum absolute atomic E-state index is 12.7. The van der Waals surface area contributed by atoms with Crippen molar-refractivity contribution in [2.75, 3.05) is 0 Å². The van der Waals surface area contributed by atoms with Gasteiger partial charge in [-0.25, -0.2) is 14.4 Å². The number of aromatic nitrogens is 4. The highest BCUT2D eigenvalue weighted by Crippen LogP contribution is 2.20. The van der Waals surface area contributed by atoms with E-state index in [1.165, 1.54) is 17.7 Å². The van der Waals surface area contributed by atoms with Gasteiger partial charge in [-0.2, -0.15) is 4.52 Å². The quantitative estimate of drug-likeness (QED) is 0.727. The second-order valence-electron chi connectivity index (χ2n) is 4.36. The largest absolute Gasteiger partial charge is 0.461 e. The van der Waals surface area contributed by atoms with Crippen LogP contribution in [0.1, 0.15) is 18.4 Å². The molecule has 20 heavy (non-hydrogen) atoms. The van der Waals surface area contributed by atoms with Crippen LogP contribution in [0.25, 0.3) is 17.2 Å². The number of alkyl halides is 1. The van der Waals surface area contributed by atoms with Gasteiger partial charge >= 0.3 is 0 Å². The molecular formula is C13H11FN4O2. The Morgan fingerprint density at radius 3 is 2.95 bits per heavy atom. The molecule has 0 aliphatic carbocycles. The molecule has 0 fully saturated rings. The standard InChI is InChI=1S/C13H11FN4O2/c1-8(19)5-9-6-12-16-11(7-14)17-18(12)13(15-9)10-3-2-4-20-10/h2-4,6H,5,7H2,1H3. The normalized spacial score (nSPS) is 11.1. The highest BCUT2D eigenvalue weighted by Gasteiger charge is 2.15. The zero-order valence-electron chi connectivity index (χ0n) is 10.7. The van der Waals surface area contributed by atoms with Crippen molar-refractivity contribution >= 4 is 11.4 Å². The van der Waals surface area contributed by atoms with E-state index in [4.69, 9.17) is 4.42 Å². The first-order valence-corrected chi connectivity index (χ1v) is 6.02. The molecule has 0 saturated carbocycles. The fourth-order valence-electron chi connectivity index (χ4n) is 1.95. The second kappa shape index (κ2) is 4.84. The summed E-state index contributed by atoms with van der Waals surface area (Å²) < 4.78 is 19.4. The summed E-state index contributed by atoms with van der Waals surface area (Å²) in [4.78, 5) is 19.7. The van der Waals surface area contributed by atoms with Gasteiger partial charge in [-0.1, -0.05) is 0 Å². The Kier molecular flexibility index (Phi) is 3.02. The molecule has 0 bridgehead atoms. The predicted octanol–water partition coefficient (Wildman–Crippen LogP) is 1.99. The lowest BCUT2D eigenvalue weighted by molar-refractivity contribution is -0.116. The van der Waals surface area contributed by atoms with E-state index in [0.29, 0.717) is 22.9 Å². The summed E-state index contributed by atoms with van der Waals surface area (Å²) in [6.07, 6.45) is 1.69. The van der Waals surface area contributed by atoms with Gasteiger partial charge in [0, 0.05) is 12.5 Å². The van der Waals surface area contributed by atoms with Crippen LogP contribution < -0.4 is 0 Å². The van der Waals surface area contributed by atoms with Crippen LogP contribution in [-0.2, 0) is 17.9 Å². The molecule has 0 amide bonds. The molecule has 0 radical (unpaired) electrons. The van der Waals surface area contributed by atoms with Crippen molar-refractivity contribution in [2.45, 2.75) is 20.0 Å². The van der Waals surface area contributed by atoms with Crippen molar-refractivity contribution in [3.8, 4) is 11.6 Å². The van der Waals surface area contributed by atoms with Crippen LogP contribution in [0.5, 0.6) is 0 Å². The minimum Gasteiger partial charge on any atom is -0.461 e. The SMILES string of the molecule is CC(=O)Cc1cc2nc(CF)nn2c(-c2ccco2)n1. The smallest absolute Gasteiger partial charge is 0.199 e. The minimum absolute atomic E-state index is 0.0162. The topological polar surface area (TPSA) is 73.3 Å². The second-order valence-corrected chi connectivity index (χ2v) is 4.36. The van der Waals surface area contributed by atoms with Gasteiger partial charge < -0.3 is 4.42 Å². The fourth-order valence-corrected chi connectivity index (χ4v) is 1.95. The van der Waals surface area contributed by atoms with E-state index in [-0.39, 0.29) is 18.0 Å². The summed E-state index contributed by atoms with van der Waals surface area (Å²) >= 11 is 0. The summed E-state index contributed by atoms with van der Waals surface area (Å²) in [6, 6.07) is 5.06. The van der Waals surface area contributed by atoms with Crippen molar-refractivity contribution in [2.24, 2.45) is 0 Å². The molecule has 0 saturated heterocycles. The van der Waals surface area contributed by atoms with Crippen molar-refractivity contribution in [1.82, 2.24) is 19.6 Å². The highest BCUT2D eigenvalue weighted by atomic mass is 19.1. The molecule has 102 valence electrons. The third-order valence-corrected chi connectivity index (χ3v) is 2.71. The minimum atomic E-state index is -0.763. The van der Waals surface area contributed by atoms with E-state index < -0.39 is 6.67 Å². The Labute approximate surface area is 113 Å². The molecule has 3 heterocycles. The van der Waals surface area contributed by atoms with Gasteiger partial charge in [0.15, 0.2) is 29.7 Å². The zero-order chi connectivity index (χ0) is 14.1. The van der Waals surface area contributed by atoms with Crippen LogP contribution in [0.15, 0.2) is 28.9 Å². The maximum Gasteiger partial charge on any atom is 0.199 e. The van der Waals surface area contributed by atoms with Gasteiger partial charge in [-0.05, 0) is 19.1 Å². The van der Waals surface area contributed by atoms with Crippen molar-refractivity contribution < 1.29 is 13.6 Å². The molecule has 0 unspecified atom stereocenters. The van der Waals surface area contributed by atoms with Gasteiger partial charge in [-0.15, -0.1) is 5.10 Å². The van der Waals surface area contributed by atoms with E-state index in [1.54, 1.807) is 18.2 Å². The molecule has 0 spiro atoms. The summed E-state index contributed by atoms with van der Waals surface area (Å²) in [5.74, 6) is 0.934. The number of rotatable bonds is 4. The number of Topliss-reactive ketones (excluding diaryl/α,β-unsaturated/α-hetero) is 1. The van der Waals surface area contributed by atoms with Crippen LogP contribution in [0, 0.1) is 0 Å². The van der Waals surface area contributed by atoms with Crippen molar-refractivity contribution in [3.05, 3.63) is 36.0 Å². The number of furan rings is 1. The molecule has 6 nitrogen and oxygen atoms in total. The van der Waals surface area contributed by atoms with Crippen LogP contribution in [0.2, 0.25) is 0 Å². The van der Waals surface area contributed by atoms with E-state index in [2.05, 4.69) is 15.1 Å². The molecule has 7 heteroatoms. The molecule has 0 aliphatic heterocycles. The molecule has 0 aromatic carbocycles. The molecule has 3 aromatic rings. The Morgan fingerprint density at radius 1 is 1.45 bits per heavy atom. The van der Waals surface area contributed by atoms with Crippen LogP contribution in [0.3, 0.4) is 0 Å². The first kappa shape index (κ1) is 12.5. The van der Waals surface area contributed by atoms with Crippen LogP contribution in [0.4, 0.5) is 4.39 Å². The summed E-state index contributed by atoms with van der Waals surface area (Å²) in [6.45, 7) is 0.719. The molecular weight excluding hydrogens is 263 g/mol. The summed E-state index contributed by atoms with van der Waals surface area (Å²) in [5.41, 5.74) is 0.990. The molecule has 0 aliphatic rings. The third kappa shape index (κ3) is 2.18. The third-order valence-electron chi connectivity index (χ3n) is 2.71. The number of carbonyl (C=O) groups excluding carboxylic acids is 1. The van der Waals surface area contributed by atoms with Crippen molar-refractivity contribution in [3.63, 3.8) is 0 Å². The first-order chi connectivity index (χ1) is 9.67. The number of halogens is 1. The van der Waals surface area contributed by atoms with E-state index in [0.717, 1.165) is 0 Å². The number of carbonyl (C=O) groups is 1. The van der Waals surface area contributed by atoms with Gasteiger partial charge in [0.05, 0.1) is 12.0 Å². The average Bonchev–Trinajstić information content (AvgIpc) is 3.05. The maximum atomic E-state index is 12.7. The predicted molar refractivity (Wildman–Crippen MR) is 67.7 cm³/mol. The Morgan fingerprint density at radius 2 is 2.30 bits per heavy atom. The lowest BCUT2D eigenvalue weighted by atomic mass is 10.2. The molecule has 3 aromatic heterocycles. The number of ketones is 1. The van der Waals surface area contributed by atoms with E-state index in [1.807, 2.05) is 0 Å². The number of fused-ring (bicyclic) bond motifs is 1. The van der Waals surface area contributed by atoms with E-state index >= 15 is 0 Å². The average molecular weight is 274 g/mol. The molecule has 3 rings (SSSR count). The van der Waals surface area contributed by atoms with Gasteiger partial charge in [0.25, 0.3) is 0 Å². The summed E-state index contributed by atoms with van der Waals surface area (Å²) in [7, 11) is 0. The Balaban J connectivity index is 2.23. The van der Waals surface area contributed by atoms with Gasteiger partial charge in [-0.3, -0.25) is 4.79 Å². The fraction of sp³-hybridized carbons (Fsp3) is 0.231. The zero-order valence-corrected chi connectivity index (χ0v) is 10.7. The molecule has 0 N–H and O–H groups in total. The lowest BCUT2D eigenvalue weighted by Crippen LogP contribution is -2.05. The number of nitrogens with zero attached hydrogens (tertiary/aromatic N) is 4. The molecule has 0 atom stereocenters. The number of hydrogen-bond acceptors (Lipinski definition) is 5. The highest BCUT2D eigenvalue weighted by molar-refractivity contribution is 5.78. The number of hydrogen-bond donors (Lipinski definition) is 0. The van der Waals surface area contributed by atoms with Crippen LogP contribution in [-0.4, -0.2) is 25.4 Å². The van der Waals surface area contributed by atoms with Crippen molar-refractivity contribution in [1.29, 1.82) is 0 Å². The summed E-state index contributed by atoms with van der Waals surface area (Å²) in [5, 5.41) is 4.03. The lowest BCUT2D eigenvalue weighted by Gasteiger charge is -2.03.